The summed E-state index contributed by atoms with van der Waals surface area (Å²) in [7, 11) is 1.88. The van der Waals surface area contributed by atoms with Gasteiger partial charge in [-0.25, -0.2) is 4.98 Å². The van der Waals surface area contributed by atoms with Gasteiger partial charge in [0.25, 0.3) is 5.56 Å². The summed E-state index contributed by atoms with van der Waals surface area (Å²) in [5, 5.41) is 0. The first-order valence-electron chi connectivity index (χ1n) is 10.3. The Morgan fingerprint density at radius 1 is 1.11 bits per heavy atom. The van der Waals surface area contributed by atoms with Gasteiger partial charge in [-0.3, -0.25) is 14.6 Å². The van der Waals surface area contributed by atoms with Crippen LogP contribution >= 0.6 is 0 Å². The number of piperidine rings is 1. The molecule has 0 bridgehead atoms. The Bertz CT molecular complexity index is 1020. The quantitative estimate of drug-likeness (QED) is 0.828. The molecule has 0 radical (unpaired) electrons. The van der Waals surface area contributed by atoms with Crippen LogP contribution in [0.5, 0.6) is 0 Å². The second-order valence-corrected chi connectivity index (χ2v) is 8.42. The number of hydrogen-bond acceptors (Lipinski definition) is 4. The molecule has 3 aliphatic rings. The number of nitrogens with zero attached hydrogens (tertiary/aromatic N) is 3. The van der Waals surface area contributed by atoms with Crippen molar-refractivity contribution in [2.24, 2.45) is 0 Å². The molecule has 1 amide bonds. The van der Waals surface area contributed by atoms with Crippen molar-refractivity contribution in [2.75, 3.05) is 29.9 Å². The Labute approximate surface area is 164 Å². The molecule has 1 aromatic heterocycles. The molecule has 2 aliphatic heterocycles. The molecule has 146 valence electrons. The van der Waals surface area contributed by atoms with Crippen LogP contribution in [0.4, 0.5) is 11.6 Å². The lowest BCUT2D eigenvalue weighted by molar-refractivity contribution is -0.123. The highest BCUT2D eigenvalue weighted by Crippen LogP contribution is 2.49. The molecule has 28 heavy (non-hydrogen) atoms. The third-order valence-electron chi connectivity index (χ3n) is 6.90. The summed E-state index contributed by atoms with van der Waals surface area (Å²) < 4.78 is 0. The third-order valence-corrected chi connectivity index (χ3v) is 6.90. The molecule has 1 spiro atoms. The van der Waals surface area contributed by atoms with Gasteiger partial charge in [-0.05, 0) is 62.6 Å². The number of likely N-dealkylation sites (N-methyl/N-ethyl adjacent to an activating group) is 1. The molecule has 1 N–H and O–H groups in total. The van der Waals surface area contributed by atoms with Crippen molar-refractivity contribution in [1.29, 1.82) is 0 Å². The first kappa shape index (κ1) is 17.5. The molecule has 2 aromatic rings. The molecule has 5 rings (SSSR count). The fourth-order valence-corrected chi connectivity index (χ4v) is 5.40. The van der Waals surface area contributed by atoms with E-state index < -0.39 is 5.41 Å². The lowest BCUT2D eigenvalue weighted by Gasteiger charge is -2.39. The van der Waals surface area contributed by atoms with Gasteiger partial charge < -0.3 is 9.80 Å². The van der Waals surface area contributed by atoms with Gasteiger partial charge in [0.2, 0.25) is 11.9 Å². The van der Waals surface area contributed by atoms with E-state index in [-0.39, 0.29) is 11.5 Å². The maximum atomic E-state index is 13.2. The Morgan fingerprint density at radius 2 is 1.86 bits per heavy atom. The van der Waals surface area contributed by atoms with E-state index in [0.717, 1.165) is 68.6 Å². The molecule has 0 saturated carbocycles. The van der Waals surface area contributed by atoms with Crippen LogP contribution in [0.3, 0.4) is 0 Å². The normalized spacial score (nSPS) is 20.4. The van der Waals surface area contributed by atoms with E-state index in [1.54, 1.807) is 0 Å². The van der Waals surface area contributed by atoms with E-state index in [9.17, 15) is 9.59 Å². The topological polar surface area (TPSA) is 69.3 Å². The lowest BCUT2D eigenvalue weighted by Crippen LogP contribution is -2.49. The van der Waals surface area contributed by atoms with Crippen LogP contribution in [0.1, 0.15) is 48.1 Å². The van der Waals surface area contributed by atoms with Crippen molar-refractivity contribution in [3.63, 3.8) is 0 Å². The Kier molecular flexibility index (Phi) is 3.86. The zero-order chi connectivity index (χ0) is 19.5. The number of hydrogen-bond donors (Lipinski definition) is 1. The minimum absolute atomic E-state index is 0.0119. The summed E-state index contributed by atoms with van der Waals surface area (Å²) in [5.41, 5.74) is 4.80. The second kappa shape index (κ2) is 6.19. The van der Waals surface area contributed by atoms with Gasteiger partial charge in [-0.15, -0.1) is 0 Å². The number of aryl methyl sites for hydroxylation is 2. The number of aromatic amines is 1. The third kappa shape index (κ3) is 2.36. The minimum Gasteiger partial charge on any atom is -0.342 e. The summed E-state index contributed by atoms with van der Waals surface area (Å²) in [4.78, 5) is 37.5. The molecule has 3 heterocycles. The highest BCUT2D eigenvalue weighted by atomic mass is 16.2. The van der Waals surface area contributed by atoms with Crippen LogP contribution in [-0.2, 0) is 23.1 Å². The Balaban J connectivity index is 1.46. The smallest absolute Gasteiger partial charge is 0.255 e. The van der Waals surface area contributed by atoms with E-state index >= 15 is 0 Å². The van der Waals surface area contributed by atoms with Gasteiger partial charge in [0, 0.05) is 31.4 Å². The van der Waals surface area contributed by atoms with Crippen LogP contribution in [0.15, 0.2) is 23.0 Å². The maximum absolute atomic E-state index is 13.2. The van der Waals surface area contributed by atoms with Crippen LogP contribution in [0.2, 0.25) is 0 Å². The molecule has 6 heteroatoms. The van der Waals surface area contributed by atoms with Gasteiger partial charge in [0.15, 0.2) is 0 Å². The highest BCUT2D eigenvalue weighted by Gasteiger charge is 2.51. The van der Waals surface area contributed by atoms with Gasteiger partial charge in [0.1, 0.15) is 0 Å². The number of benzene rings is 1. The van der Waals surface area contributed by atoms with E-state index in [4.69, 9.17) is 4.98 Å². The number of fused-ring (bicyclic) bond motifs is 3. The molecule has 0 atom stereocenters. The van der Waals surface area contributed by atoms with Crippen molar-refractivity contribution in [2.45, 2.75) is 50.9 Å². The maximum Gasteiger partial charge on any atom is 0.255 e. The fourth-order valence-electron chi connectivity index (χ4n) is 5.40. The van der Waals surface area contributed by atoms with Gasteiger partial charge >= 0.3 is 0 Å². The monoisotopic (exact) mass is 378 g/mol. The number of H-pyrrole nitrogens is 1. The summed E-state index contributed by atoms with van der Waals surface area (Å²) in [5.74, 6) is 0.868. The molecular weight excluding hydrogens is 352 g/mol. The molecule has 6 nitrogen and oxygen atoms in total. The average molecular weight is 378 g/mol. The Hall–Kier alpha value is -2.63. The first-order chi connectivity index (χ1) is 13.5. The molecule has 1 aromatic carbocycles. The molecule has 1 fully saturated rings. The zero-order valence-electron chi connectivity index (χ0n) is 16.5. The zero-order valence-corrected chi connectivity index (χ0v) is 16.5. The largest absolute Gasteiger partial charge is 0.342 e. The van der Waals surface area contributed by atoms with Crippen molar-refractivity contribution in [3.8, 4) is 0 Å². The summed E-state index contributed by atoms with van der Waals surface area (Å²) in [6, 6.07) is 6.17. The fraction of sp³-hybridized carbons (Fsp3) is 0.500. The van der Waals surface area contributed by atoms with E-state index in [2.05, 4.69) is 22.9 Å². The molecule has 1 saturated heterocycles. The van der Waals surface area contributed by atoms with E-state index in [0.29, 0.717) is 5.95 Å². The standard InChI is InChI=1S/C22H26N4O2/c1-14-6-5-9-17-18(14)22(20(28)25(17)2)10-12-26(13-11-22)21-23-16-8-4-3-7-15(16)19(27)24-21/h5-6,9H,3-4,7-8,10-13H2,1-2H3,(H,23,24,27). The van der Waals surface area contributed by atoms with E-state index in [1.807, 2.05) is 24.1 Å². The number of amides is 1. The van der Waals surface area contributed by atoms with Crippen molar-refractivity contribution in [3.05, 3.63) is 50.9 Å². The highest BCUT2D eigenvalue weighted by molar-refractivity contribution is 6.08. The number of aromatic nitrogens is 2. The van der Waals surface area contributed by atoms with Crippen molar-refractivity contribution >= 4 is 17.5 Å². The Morgan fingerprint density at radius 3 is 2.64 bits per heavy atom. The number of rotatable bonds is 1. The lowest BCUT2D eigenvalue weighted by atomic mass is 9.72. The SMILES string of the molecule is Cc1cccc2c1C1(CCN(c3nc4c(c(=O)[nH]3)CCCC4)CC1)C(=O)N2C. The van der Waals surface area contributed by atoms with Gasteiger partial charge in [-0.2, -0.15) is 0 Å². The minimum atomic E-state index is -0.444. The first-order valence-corrected chi connectivity index (χ1v) is 10.3. The van der Waals surface area contributed by atoms with E-state index in [1.165, 1.54) is 11.1 Å². The van der Waals surface area contributed by atoms with Gasteiger partial charge in [0.05, 0.1) is 11.1 Å². The summed E-state index contributed by atoms with van der Waals surface area (Å²) in [6.07, 6.45) is 5.38. The number of anilines is 2. The molecule has 0 unspecified atom stereocenters. The van der Waals surface area contributed by atoms with Crippen molar-refractivity contribution in [1.82, 2.24) is 9.97 Å². The number of nitrogens with one attached hydrogen (secondary N) is 1. The predicted molar refractivity (Wildman–Crippen MR) is 109 cm³/mol. The average Bonchev–Trinajstić information content (AvgIpc) is 2.92. The summed E-state index contributed by atoms with van der Waals surface area (Å²) >= 11 is 0. The molecular formula is C22H26N4O2. The van der Waals surface area contributed by atoms with Gasteiger partial charge in [-0.1, -0.05) is 12.1 Å². The number of carbonyl (C=O) groups excluding carboxylic acids is 1. The van der Waals surface area contributed by atoms with Crippen LogP contribution < -0.4 is 15.4 Å². The second-order valence-electron chi connectivity index (χ2n) is 8.42. The van der Waals surface area contributed by atoms with Crippen LogP contribution in [-0.4, -0.2) is 36.0 Å². The molecule has 1 aliphatic carbocycles. The van der Waals surface area contributed by atoms with Crippen LogP contribution in [0.25, 0.3) is 0 Å². The summed E-state index contributed by atoms with van der Waals surface area (Å²) in [6.45, 7) is 3.53. The van der Waals surface area contributed by atoms with Crippen LogP contribution in [0, 0.1) is 6.92 Å². The van der Waals surface area contributed by atoms with Crippen molar-refractivity contribution < 1.29 is 4.79 Å². The number of carbonyl (C=O) groups is 1. The predicted octanol–water partition coefficient (Wildman–Crippen LogP) is 2.47.